The van der Waals surface area contributed by atoms with Crippen LogP contribution in [-0.2, 0) is 6.54 Å². The van der Waals surface area contributed by atoms with Crippen LogP contribution in [-0.4, -0.2) is 42.3 Å². The van der Waals surface area contributed by atoms with Crippen molar-refractivity contribution < 1.29 is 9.84 Å². The third-order valence-electron chi connectivity index (χ3n) is 2.87. The lowest BCUT2D eigenvalue weighted by atomic mass is 10.1. The number of hydrogen-bond acceptors (Lipinski definition) is 4. The molecule has 0 aromatic carbocycles. The molecule has 0 saturated carbocycles. The molecule has 0 aliphatic heterocycles. The van der Waals surface area contributed by atoms with Gasteiger partial charge in [-0.3, -0.25) is 4.98 Å². The first-order valence-electron chi connectivity index (χ1n) is 5.88. The van der Waals surface area contributed by atoms with E-state index in [9.17, 15) is 0 Å². The number of nitrogens with zero attached hydrogens (tertiary/aromatic N) is 2. The summed E-state index contributed by atoms with van der Waals surface area (Å²) >= 11 is 0. The van der Waals surface area contributed by atoms with Crippen molar-refractivity contribution in [1.29, 1.82) is 0 Å². The van der Waals surface area contributed by atoms with E-state index in [2.05, 4.69) is 9.88 Å². The van der Waals surface area contributed by atoms with Crippen molar-refractivity contribution in [2.75, 3.05) is 27.3 Å². The van der Waals surface area contributed by atoms with Gasteiger partial charge in [-0.2, -0.15) is 0 Å². The Kier molecular flexibility index (Phi) is 5.38. The van der Waals surface area contributed by atoms with Gasteiger partial charge in [0.1, 0.15) is 5.75 Å². The second-order valence-electron chi connectivity index (χ2n) is 4.36. The summed E-state index contributed by atoms with van der Waals surface area (Å²) in [7, 11) is 3.72. The molecule has 0 atom stereocenters. The van der Waals surface area contributed by atoms with Gasteiger partial charge in [0.15, 0.2) is 0 Å². The van der Waals surface area contributed by atoms with Crippen molar-refractivity contribution in [3.05, 3.63) is 23.0 Å². The summed E-state index contributed by atoms with van der Waals surface area (Å²) in [6, 6.07) is 0. The molecule has 0 bridgehead atoms. The molecule has 4 heteroatoms. The standard InChI is InChI=1S/C13H22N2O2/c1-10-8-14-12(11(2)13(10)17-4)9-15(3)6-5-7-16/h8,16H,5-7,9H2,1-4H3. The first kappa shape index (κ1) is 13.9. The highest BCUT2D eigenvalue weighted by atomic mass is 16.5. The first-order valence-corrected chi connectivity index (χ1v) is 5.88. The van der Waals surface area contributed by atoms with E-state index in [-0.39, 0.29) is 6.61 Å². The number of aliphatic hydroxyl groups is 1. The van der Waals surface area contributed by atoms with Gasteiger partial charge in [0.2, 0.25) is 0 Å². The molecule has 0 aliphatic rings. The van der Waals surface area contributed by atoms with Crippen LogP contribution < -0.4 is 4.74 Å². The maximum Gasteiger partial charge on any atom is 0.128 e. The zero-order valence-electron chi connectivity index (χ0n) is 11.2. The van der Waals surface area contributed by atoms with Gasteiger partial charge in [0.05, 0.1) is 12.8 Å². The summed E-state index contributed by atoms with van der Waals surface area (Å²) in [5.74, 6) is 0.922. The van der Waals surface area contributed by atoms with Gasteiger partial charge >= 0.3 is 0 Å². The molecule has 0 amide bonds. The highest BCUT2D eigenvalue weighted by Crippen LogP contribution is 2.24. The van der Waals surface area contributed by atoms with Crippen LogP contribution in [0.1, 0.15) is 23.2 Å². The average molecular weight is 238 g/mol. The lowest BCUT2D eigenvalue weighted by Gasteiger charge is -2.18. The van der Waals surface area contributed by atoms with Crippen molar-refractivity contribution in [2.45, 2.75) is 26.8 Å². The lowest BCUT2D eigenvalue weighted by molar-refractivity contribution is 0.242. The predicted octanol–water partition coefficient (Wildman–Crippen LogP) is 1.52. The third kappa shape index (κ3) is 3.68. The number of aromatic nitrogens is 1. The summed E-state index contributed by atoms with van der Waals surface area (Å²) in [5, 5.41) is 8.79. The average Bonchev–Trinajstić information content (AvgIpc) is 2.31. The number of methoxy groups -OCH3 is 1. The molecule has 96 valence electrons. The quantitative estimate of drug-likeness (QED) is 0.816. The molecule has 0 unspecified atom stereocenters. The minimum Gasteiger partial charge on any atom is -0.496 e. The van der Waals surface area contributed by atoms with Gasteiger partial charge < -0.3 is 14.7 Å². The van der Waals surface area contributed by atoms with E-state index < -0.39 is 0 Å². The van der Waals surface area contributed by atoms with Gasteiger partial charge in [-0.05, 0) is 27.3 Å². The predicted molar refractivity (Wildman–Crippen MR) is 68.3 cm³/mol. The molecule has 0 saturated heterocycles. The van der Waals surface area contributed by atoms with Crippen molar-refractivity contribution in [3.8, 4) is 5.75 Å². The molecular weight excluding hydrogens is 216 g/mol. The minimum absolute atomic E-state index is 0.230. The maximum atomic E-state index is 8.79. The Morgan fingerprint density at radius 1 is 1.41 bits per heavy atom. The van der Waals surface area contributed by atoms with E-state index in [1.165, 1.54) is 0 Å². The van der Waals surface area contributed by atoms with Crippen LogP contribution in [0.5, 0.6) is 5.75 Å². The zero-order chi connectivity index (χ0) is 12.8. The number of aryl methyl sites for hydroxylation is 1. The van der Waals surface area contributed by atoms with E-state index in [0.29, 0.717) is 0 Å². The van der Waals surface area contributed by atoms with Crippen molar-refractivity contribution in [3.63, 3.8) is 0 Å². The van der Waals surface area contributed by atoms with E-state index in [1.807, 2.05) is 27.1 Å². The molecule has 1 rings (SSSR count). The number of rotatable bonds is 6. The number of ether oxygens (including phenoxy) is 1. The molecule has 4 nitrogen and oxygen atoms in total. The van der Waals surface area contributed by atoms with Crippen molar-refractivity contribution in [2.24, 2.45) is 0 Å². The normalized spacial score (nSPS) is 10.9. The fourth-order valence-corrected chi connectivity index (χ4v) is 1.91. The second kappa shape index (κ2) is 6.57. The Balaban J connectivity index is 2.78. The summed E-state index contributed by atoms with van der Waals surface area (Å²) in [4.78, 5) is 6.60. The summed E-state index contributed by atoms with van der Waals surface area (Å²) in [6.45, 7) is 5.91. The zero-order valence-corrected chi connectivity index (χ0v) is 11.2. The lowest BCUT2D eigenvalue weighted by Crippen LogP contribution is -2.21. The van der Waals surface area contributed by atoms with Crippen LogP contribution in [0.4, 0.5) is 0 Å². The number of pyridine rings is 1. The summed E-state index contributed by atoms with van der Waals surface area (Å²) in [6.07, 6.45) is 2.64. The van der Waals surface area contributed by atoms with Crippen LogP contribution in [0.25, 0.3) is 0 Å². The SMILES string of the molecule is COc1c(C)cnc(CN(C)CCCO)c1C. The second-order valence-corrected chi connectivity index (χ2v) is 4.36. The molecule has 1 aromatic rings. The molecule has 0 aliphatic carbocycles. The molecule has 1 heterocycles. The molecule has 17 heavy (non-hydrogen) atoms. The van der Waals surface area contributed by atoms with Gasteiger partial charge in [0, 0.05) is 37.0 Å². The third-order valence-corrected chi connectivity index (χ3v) is 2.87. The summed E-state index contributed by atoms with van der Waals surface area (Å²) in [5.41, 5.74) is 3.20. The highest BCUT2D eigenvalue weighted by Gasteiger charge is 2.10. The van der Waals surface area contributed by atoms with Crippen LogP contribution in [0.15, 0.2) is 6.20 Å². The molecule has 0 radical (unpaired) electrons. The summed E-state index contributed by atoms with van der Waals surface area (Å²) < 4.78 is 5.38. The molecule has 0 spiro atoms. The number of aliphatic hydroxyl groups excluding tert-OH is 1. The monoisotopic (exact) mass is 238 g/mol. The Hall–Kier alpha value is -1.13. The van der Waals surface area contributed by atoms with Crippen LogP contribution >= 0.6 is 0 Å². The molecule has 1 aromatic heterocycles. The first-order chi connectivity index (χ1) is 8.10. The molecule has 0 fully saturated rings. The van der Waals surface area contributed by atoms with Crippen molar-refractivity contribution in [1.82, 2.24) is 9.88 Å². The largest absolute Gasteiger partial charge is 0.496 e. The minimum atomic E-state index is 0.230. The number of hydrogen-bond donors (Lipinski definition) is 1. The van der Waals surface area contributed by atoms with Gasteiger partial charge in [-0.1, -0.05) is 0 Å². The fraction of sp³-hybridized carbons (Fsp3) is 0.615. The molecule has 1 N–H and O–H groups in total. The van der Waals surface area contributed by atoms with Crippen LogP contribution in [0, 0.1) is 13.8 Å². The van der Waals surface area contributed by atoms with Gasteiger partial charge in [0.25, 0.3) is 0 Å². The van der Waals surface area contributed by atoms with Crippen LogP contribution in [0.2, 0.25) is 0 Å². The smallest absolute Gasteiger partial charge is 0.128 e. The van der Waals surface area contributed by atoms with Gasteiger partial charge in [-0.15, -0.1) is 0 Å². The Morgan fingerprint density at radius 3 is 2.71 bits per heavy atom. The van der Waals surface area contributed by atoms with Crippen LogP contribution in [0.3, 0.4) is 0 Å². The maximum absolute atomic E-state index is 8.79. The Bertz CT molecular complexity index is 367. The van der Waals surface area contributed by atoms with E-state index in [4.69, 9.17) is 9.84 Å². The van der Waals surface area contributed by atoms with Gasteiger partial charge in [-0.25, -0.2) is 0 Å². The Labute approximate surface area is 103 Å². The van der Waals surface area contributed by atoms with E-state index >= 15 is 0 Å². The molecular formula is C13H22N2O2. The fourth-order valence-electron chi connectivity index (χ4n) is 1.91. The Morgan fingerprint density at radius 2 is 2.12 bits per heavy atom. The van der Waals surface area contributed by atoms with E-state index in [1.54, 1.807) is 7.11 Å². The topological polar surface area (TPSA) is 45.6 Å². The van der Waals surface area contributed by atoms with E-state index in [0.717, 1.165) is 42.1 Å². The van der Waals surface area contributed by atoms with Crippen molar-refractivity contribution >= 4 is 0 Å². The highest BCUT2D eigenvalue weighted by molar-refractivity contribution is 5.40.